The van der Waals surface area contributed by atoms with Crippen LogP contribution in [0.1, 0.15) is 37.0 Å². The van der Waals surface area contributed by atoms with Crippen LogP contribution in [0.25, 0.3) is 0 Å². The van der Waals surface area contributed by atoms with Crippen LogP contribution < -0.4 is 20.1 Å². The predicted molar refractivity (Wildman–Crippen MR) is 106 cm³/mol. The fourth-order valence-corrected chi connectivity index (χ4v) is 2.79. The maximum Gasteiger partial charge on any atom is 0.251 e. The SMILES string of the molecule is CCOc1ccc(C(=O)NCC(=O)NCc2n[nH]c(=S)n2CC)cc1OCC. The topological polar surface area (TPSA) is 110 Å². The van der Waals surface area contributed by atoms with Crippen LogP contribution in [0.2, 0.25) is 0 Å². The minimum absolute atomic E-state index is 0.159. The number of H-pyrrole nitrogens is 1. The van der Waals surface area contributed by atoms with Crippen molar-refractivity contribution in [1.29, 1.82) is 0 Å². The number of benzene rings is 1. The molecule has 0 aliphatic carbocycles. The number of hydrogen-bond donors (Lipinski definition) is 3. The van der Waals surface area contributed by atoms with Crippen LogP contribution in [-0.4, -0.2) is 46.3 Å². The lowest BCUT2D eigenvalue weighted by atomic mass is 10.2. The summed E-state index contributed by atoms with van der Waals surface area (Å²) < 4.78 is 13.3. The molecular weight excluding hydrogens is 382 g/mol. The molecule has 1 aromatic heterocycles. The smallest absolute Gasteiger partial charge is 0.251 e. The largest absolute Gasteiger partial charge is 0.490 e. The summed E-state index contributed by atoms with van der Waals surface area (Å²) in [6, 6.07) is 4.90. The molecule has 0 unspecified atom stereocenters. The first-order valence-electron chi connectivity index (χ1n) is 9.08. The van der Waals surface area contributed by atoms with Gasteiger partial charge in [0.25, 0.3) is 5.91 Å². The van der Waals surface area contributed by atoms with Crippen molar-refractivity contribution in [2.24, 2.45) is 0 Å². The van der Waals surface area contributed by atoms with E-state index in [0.717, 1.165) is 0 Å². The molecule has 0 saturated heterocycles. The number of rotatable bonds is 10. The molecule has 0 atom stereocenters. The van der Waals surface area contributed by atoms with Crippen molar-refractivity contribution in [2.45, 2.75) is 33.9 Å². The van der Waals surface area contributed by atoms with Crippen molar-refractivity contribution in [3.05, 3.63) is 34.4 Å². The lowest BCUT2D eigenvalue weighted by Crippen LogP contribution is -2.37. The van der Waals surface area contributed by atoms with Gasteiger partial charge in [-0.2, -0.15) is 5.10 Å². The molecule has 10 heteroatoms. The normalized spacial score (nSPS) is 10.4. The van der Waals surface area contributed by atoms with Gasteiger partial charge in [-0.05, 0) is 51.2 Å². The second-order valence-electron chi connectivity index (χ2n) is 5.68. The quantitative estimate of drug-likeness (QED) is 0.518. The van der Waals surface area contributed by atoms with Crippen LogP contribution in [-0.2, 0) is 17.9 Å². The fraction of sp³-hybridized carbons (Fsp3) is 0.444. The molecule has 9 nitrogen and oxygen atoms in total. The van der Waals surface area contributed by atoms with Gasteiger partial charge in [-0.1, -0.05) is 0 Å². The van der Waals surface area contributed by atoms with Crippen molar-refractivity contribution in [3.8, 4) is 11.5 Å². The van der Waals surface area contributed by atoms with Crippen LogP contribution in [0.3, 0.4) is 0 Å². The Morgan fingerprint density at radius 3 is 2.54 bits per heavy atom. The van der Waals surface area contributed by atoms with Crippen LogP contribution in [0.5, 0.6) is 11.5 Å². The van der Waals surface area contributed by atoms with Crippen molar-refractivity contribution < 1.29 is 19.1 Å². The number of amides is 2. The second kappa shape index (κ2) is 10.5. The number of ether oxygens (including phenoxy) is 2. The van der Waals surface area contributed by atoms with Gasteiger partial charge in [-0.15, -0.1) is 0 Å². The molecule has 0 saturated carbocycles. The molecule has 1 heterocycles. The first-order chi connectivity index (χ1) is 13.5. The van der Waals surface area contributed by atoms with Crippen molar-refractivity contribution in [1.82, 2.24) is 25.4 Å². The Hall–Kier alpha value is -2.88. The second-order valence-corrected chi connectivity index (χ2v) is 6.06. The zero-order valence-corrected chi connectivity index (χ0v) is 17.0. The minimum Gasteiger partial charge on any atom is -0.490 e. The van der Waals surface area contributed by atoms with Gasteiger partial charge in [0.05, 0.1) is 26.3 Å². The van der Waals surface area contributed by atoms with Crippen molar-refractivity contribution in [2.75, 3.05) is 19.8 Å². The van der Waals surface area contributed by atoms with E-state index in [1.54, 1.807) is 22.8 Å². The lowest BCUT2D eigenvalue weighted by Gasteiger charge is -2.12. The first-order valence-corrected chi connectivity index (χ1v) is 9.49. The number of aromatic amines is 1. The Bertz CT molecular complexity index is 877. The maximum atomic E-state index is 12.3. The average molecular weight is 407 g/mol. The summed E-state index contributed by atoms with van der Waals surface area (Å²) in [6.07, 6.45) is 0. The van der Waals surface area contributed by atoms with E-state index in [-0.39, 0.29) is 24.9 Å². The summed E-state index contributed by atoms with van der Waals surface area (Å²) in [5.41, 5.74) is 0.381. The molecular formula is C18H25N5O4S. The van der Waals surface area contributed by atoms with Gasteiger partial charge < -0.3 is 24.7 Å². The van der Waals surface area contributed by atoms with Crippen molar-refractivity contribution >= 4 is 24.0 Å². The van der Waals surface area contributed by atoms with Crippen LogP contribution in [0.15, 0.2) is 18.2 Å². The molecule has 2 amide bonds. The van der Waals surface area contributed by atoms with Crippen LogP contribution in [0, 0.1) is 4.77 Å². The molecule has 152 valence electrons. The number of nitrogens with one attached hydrogen (secondary N) is 3. The van der Waals surface area contributed by atoms with E-state index in [1.807, 2.05) is 20.8 Å². The summed E-state index contributed by atoms with van der Waals surface area (Å²) in [7, 11) is 0. The molecule has 0 aliphatic heterocycles. The van der Waals surface area contributed by atoms with E-state index in [0.29, 0.717) is 47.4 Å². The highest BCUT2D eigenvalue weighted by atomic mass is 32.1. The number of carbonyl (C=O) groups excluding carboxylic acids is 2. The van der Waals surface area contributed by atoms with E-state index < -0.39 is 0 Å². The molecule has 0 aliphatic rings. The zero-order chi connectivity index (χ0) is 20.5. The van der Waals surface area contributed by atoms with Crippen molar-refractivity contribution in [3.63, 3.8) is 0 Å². The third-order valence-corrected chi connectivity index (χ3v) is 4.12. The monoisotopic (exact) mass is 407 g/mol. The maximum absolute atomic E-state index is 12.3. The van der Waals surface area contributed by atoms with Crippen LogP contribution in [0.4, 0.5) is 0 Å². The Labute approximate surface area is 168 Å². The van der Waals surface area contributed by atoms with Gasteiger partial charge in [-0.3, -0.25) is 14.7 Å². The van der Waals surface area contributed by atoms with E-state index in [9.17, 15) is 9.59 Å². The highest BCUT2D eigenvalue weighted by Crippen LogP contribution is 2.28. The summed E-state index contributed by atoms with van der Waals surface area (Å²) in [5, 5.41) is 12.0. The summed E-state index contributed by atoms with van der Waals surface area (Å²) in [5.74, 6) is 0.975. The predicted octanol–water partition coefficient (Wildman–Crippen LogP) is 1.80. The minimum atomic E-state index is -0.379. The summed E-state index contributed by atoms with van der Waals surface area (Å²) >= 11 is 5.10. The average Bonchev–Trinajstić information content (AvgIpc) is 3.05. The van der Waals surface area contributed by atoms with Gasteiger partial charge in [-0.25, -0.2) is 0 Å². The van der Waals surface area contributed by atoms with Gasteiger partial charge in [0.15, 0.2) is 22.1 Å². The highest BCUT2D eigenvalue weighted by Gasteiger charge is 2.13. The number of aromatic nitrogens is 3. The number of carbonyl (C=O) groups is 2. The standard InChI is InChI=1S/C18H25N5O4S/c1-4-23-15(21-22-18(23)28)10-19-16(24)11-20-17(25)12-7-8-13(26-5-2)14(9-12)27-6-3/h7-9H,4-6,10-11H2,1-3H3,(H,19,24)(H,20,25)(H,22,28). The molecule has 0 bridgehead atoms. The molecule has 0 spiro atoms. The number of nitrogens with zero attached hydrogens (tertiary/aromatic N) is 2. The molecule has 2 aromatic rings. The van der Waals surface area contributed by atoms with E-state index in [1.165, 1.54) is 0 Å². The highest BCUT2D eigenvalue weighted by molar-refractivity contribution is 7.71. The lowest BCUT2D eigenvalue weighted by molar-refractivity contribution is -0.120. The fourth-order valence-electron chi connectivity index (χ4n) is 2.51. The Balaban J connectivity index is 1.91. The van der Waals surface area contributed by atoms with Crippen LogP contribution >= 0.6 is 12.2 Å². The zero-order valence-electron chi connectivity index (χ0n) is 16.2. The molecule has 0 fully saturated rings. The molecule has 2 rings (SSSR count). The van der Waals surface area contributed by atoms with E-state index in [4.69, 9.17) is 21.7 Å². The van der Waals surface area contributed by atoms with E-state index >= 15 is 0 Å². The van der Waals surface area contributed by atoms with Gasteiger partial charge in [0, 0.05) is 12.1 Å². The summed E-state index contributed by atoms with van der Waals surface area (Å²) in [4.78, 5) is 24.4. The Morgan fingerprint density at radius 1 is 1.14 bits per heavy atom. The van der Waals surface area contributed by atoms with E-state index in [2.05, 4.69) is 20.8 Å². The Kier molecular flexibility index (Phi) is 8.00. The van der Waals surface area contributed by atoms with Gasteiger partial charge >= 0.3 is 0 Å². The first kappa shape index (κ1) is 21.4. The van der Waals surface area contributed by atoms with Gasteiger partial charge in [0.1, 0.15) is 0 Å². The third-order valence-electron chi connectivity index (χ3n) is 3.81. The summed E-state index contributed by atoms with van der Waals surface area (Å²) in [6.45, 7) is 7.30. The molecule has 3 N–H and O–H groups in total. The molecule has 0 radical (unpaired) electrons. The Morgan fingerprint density at radius 2 is 1.86 bits per heavy atom. The van der Waals surface area contributed by atoms with Gasteiger partial charge in [0.2, 0.25) is 5.91 Å². The third kappa shape index (κ3) is 5.56. The molecule has 28 heavy (non-hydrogen) atoms. The number of hydrogen-bond acceptors (Lipinski definition) is 6. The molecule has 1 aromatic carbocycles.